The van der Waals surface area contributed by atoms with Crippen molar-refractivity contribution in [3.8, 4) is 0 Å². The molecule has 2 nitrogen and oxygen atoms in total. The number of thiophene rings is 1. The molecule has 0 amide bonds. The lowest BCUT2D eigenvalue weighted by Gasteiger charge is -2.22. The van der Waals surface area contributed by atoms with Crippen LogP contribution in [0.25, 0.3) is 0 Å². The molecule has 0 unspecified atom stereocenters. The first-order valence-electron chi connectivity index (χ1n) is 5.98. The highest BCUT2D eigenvalue weighted by Gasteiger charge is 2.10. The molecule has 0 saturated carbocycles. The van der Waals surface area contributed by atoms with E-state index in [-0.39, 0.29) is 5.82 Å². The van der Waals surface area contributed by atoms with Crippen LogP contribution in [-0.2, 0) is 13.1 Å². The molecule has 1 aromatic heterocycles. The first-order valence-corrected chi connectivity index (χ1v) is 7.18. The first kappa shape index (κ1) is 14.3. The van der Waals surface area contributed by atoms with Gasteiger partial charge in [0.05, 0.1) is 10.9 Å². The molecule has 5 heteroatoms. The molecule has 19 heavy (non-hydrogen) atoms. The van der Waals surface area contributed by atoms with Crippen molar-refractivity contribution in [1.82, 2.24) is 5.32 Å². The fourth-order valence-corrected chi connectivity index (χ4v) is 3.16. The Balaban J connectivity index is 2.20. The van der Waals surface area contributed by atoms with Crippen LogP contribution in [0.2, 0.25) is 4.34 Å². The van der Waals surface area contributed by atoms with Crippen LogP contribution in [0.1, 0.15) is 10.4 Å². The van der Waals surface area contributed by atoms with Gasteiger partial charge in [-0.15, -0.1) is 11.3 Å². The maximum atomic E-state index is 13.3. The van der Waals surface area contributed by atoms with Crippen molar-refractivity contribution in [2.45, 2.75) is 13.1 Å². The molecule has 0 radical (unpaired) electrons. The second-order valence-electron chi connectivity index (χ2n) is 4.37. The lowest BCUT2D eigenvalue weighted by atomic mass is 10.1. The Hall–Kier alpha value is -1.10. The molecule has 0 fully saturated rings. The van der Waals surface area contributed by atoms with Gasteiger partial charge in [0, 0.05) is 24.2 Å². The van der Waals surface area contributed by atoms with Crippen LogP contribution in [0.15, 0.2) is 30.3 Å². The van der Waals surface area contributed by atoms with Gasteiger partial charge in [-0.2, -0.15) is 0 Å². The van der Waals surface area contributed by atoms with E-state index in [4.69, 9.17) is 11.6 Å². The predicted molar refractivity (Wildman–Crippen MR) is 80.6 cm³/mol. The van der Waals surface area contributed by atoms with Crippen molar-refractivity contribution < 1.29 is 4.39 Å². The standard InChI is InChI=1S/C14H16ClFN2S/c1-17-8-10-7-11(16)3-5-13(10)18(2)9-12-4-6-14(15)19-12/h3-7,17H,8-9H2,1-2H3. The fourth-order valence-electron chi connectivity index (χ4n) is 2.01. The van der Waals surface area contributed by atoms with Crippen LogP contribution in [-0.4, -0.2) is 14.1 Å². The molecule has 2 aromatic rings. The second-order valence-corrected chi connectivity index (χ2v) is 6.16. The minimum atomic E-state index is -0.207. The molecular formula is C14H16ClFN2S. The topological polar surface area (TPSA) is 15.3 Å². The quantitative estimate of drug-likeness (QED) is 0.901. The van der Waals surface area contributed by atoms with E-state index in [9.17, 15) is 4.39 Å². The lowest BCUT2D eigenvalue weighted by Crippen LogP contribution is -2.19. The number of rotatable bonds is 5. The van der Waals surface area contributed by atoms with Crippen molar-refractivity contribution in [2.24, 2.45) is 0 Å². The summed E-state index contributed by atoms with van der Waals surface area (Å²) in [6.45, 7) is 1.41. The van der Waals surface area contributed by atoms with Crippen LogP contribution >= 0.6 is 22.9 Å². The zero-order valence-corrected chi connectivity index (χ0v) is 12.5. The number of anilines is 1. The third-order valence-corrected chi connectivity index (χ3v) is 4.06. The highest BCUT2D eigenvalue weighted by Crippen LogP contribution is 2.26. The first-order chi connectivity index (χ1) is 9.10. The SMILES string of the molecule is CNCc1cc(F)ccc1N(C)Cc1ccc(Cl)s1. The van der Waals surface area contributed by atoms with Crippen molar-refractivity contribution in [3.05, 3.63) is 50.9 Å². The number of nitrogens with one attached hydrogen (secondary N) is 1. The van der Waals surface area contributed by atoms with E-state index in [0.29, 0.717) is 6.54 Å². The minimum Gasteiger partial charge on any atom is -0.369 e. The van der Waals surface area contributed by atoms with Crippen LogP contribution in [0.5, 0.6) is 0 Å². The smallest absolute Gasteiger partial charge is 0.123 e. The molecule has 1 N–H and O–H groups in total. The minimum absolute atomic E-state index is 0.207. The highest BCUT2D eigenvalue weighted by atomic mass is 35.5. The van der Waals surface area contributed by atoms with Gasteiger partial charge < -0.3 is 10.2 Å². The number of benzene rings is 1. The molecule has 2 rings (SSSR count). The summed E-state index contributed by atoms with van der Waals surface area (Å²) in [5.74, 6) is -0.207. The summed E-state index contributed by atoms with van der Waals surface area (Å²) < 4.78 is 14.1. The van der Waals surface area contributed by atoms with E-state index in [1.807, 2.05) is 32.3 Å². The Morgan fingerprint density at radius 3 is 2.74 bits per heavy atom. The summed E-state index contributed by atoms with van der Waals surface area (Å²) in [4.78, 5) is 3.29. The van der Waals surface area contributed by atoms with Gasteiger partial charge in [0.15, 0.2) is 0 Å². The Morgan fingerprint density at radius 1 is 1.32 bits per heavy atom. The Bertz CT molecular complexity index is 556. The molecule has 0 aliphatic rings. The van der Waals surface area contributed by atoms with Gasteiger partial charge in [-0.25, -0.2) is 4.39 Å². The van der Waals surface area contributed by atoms with Crippen LogP contribution in [0, 0.1) is 5.82 Å². The molecular weight excluding hydrogens is 283 g/mol. The monoisotopic (exact) mass is 298 g/mol. The molecule has 0 aliphatic heterocycles. The van der Waals surface area contributed by atoms with Gasteiger partial charge >= 0.3 is 0 Å². The Labute approximate surface area is 121 Å². The van der Waals surface area contributed by atoms with E-state index >= 15 is 0 Å². The summed E-state index contributed by atoms with van der Waals surface area (Å²) >= 11 is 7.50. The third-order valence-electron chi connectivity index (χ3n) is 2.84. The summed E-state index contributed by atoms with van der Waals surface area (Å²) in [7, 11) is 3.85. The van der Waals surface area contributed by atoms with Gasteiger partial charge in [0.25, 0.3) is 0 Å². The predicted octanol–water partition coefficient (Wildman–Crippen LogP) is 3.90. The number of nitrogens with zero attached hydrogens (tertiary/aromatic N) is 1. The second kappa shape index (κ2) is 6.37. The van der Waals surface area contributed by atoms with Crippen LogP contribution in [0.3, 0.4) is 0 Å². The molecule has 0 bridgehead atoms. The van der Waals surface area contributed by atoms with Crippen LogP contribution in [0.4, 0.5) is 10.1 Å². The van der Waals surface area contributed by atoms with Gasteiger partial charge in [-0.3, -0.25) is 0 Å². The summed E-state index contributed by atoms with van der Waals surface area (Å²) in [5.41, 5.74) is 1.98. The molecule has 1 heterocycles. The molecule has 0 spiro atoms. The van der Waals surface area contributed by atoms with Gasteiger partial charge in [-0.05, 0) is 42.9 Å². The normalized spacial score (nSPS) is 10.7. The number of hydrogen-bond acceptors (Lipinski definition) is 3. The average molecular weight is 299 g/mol. The Morgan fingerprint density at radius 2 is 2.11 bits per heavy atom. The third kappa shape index (κ3) is 3.69. The van der Waals surface area contributed by atoms with Crippen molar-refractivity contribution in [1.29, 1.82) is 0 Å². The zero-order valence-electron chi connectivity index (χ0n) is 10.9. The largest absolute Gasteiger partial charge is 0.369 e. The molecule has 1 aromatic carbocycles. The van der Waals surface area contributed by atoms with Crippen molar-refractivity contribution in [2.75, 3.05) is 19.0 Å². The average Bonchev–Trinajstić information content (AvgIpc) is 2.75. The molecule has 0 saturated heterocycles. The van der Waals surface area contributed by atoms with E-state index in [2.05, 4.69) is 10.2 Å². The molecule has 102 valence electrons. The van der Waals surface area contributed by atoms with E-state index in [0.717, 1.165) is 22.1 Å². The van der Waals surface area contributed by atoms with E-state index < -0.39 is 0 Å². The molecule has 0 atom stereocenters. The van der Waals surface area contributed by atoms with E-state index in [1.54, 1.807) is 17.4 Å². The van der Waals surface area contributed by atoms with Crippen molar-refractivity contribution in [3.63, 3.8) is 0 Å². The van der Waals surface area contributed by atoms with Gasteiger partial charge in [0.2, 0.25) is 0 Å². The lowest BCUT2D eigenvalue weighted by molar-refractivity contribution is 0.623. The Kier molecular flexibility index (Phi) is 4.80. The van der Waals surface area contributed by atoms with E-state index in [1.165, 1.54) is 10.9 Å². The van der Waals surface area contributed by atoms with Gasteiger partial charge in [-0.1, -0.05) is 11.6 Å². The fraction of sp³-hybridized carbons (Fsp3) is 0.286. The molecule has 0 aliphatic carbocycles. The maximum absolute atomic E-state index is 13.3. The van der Waals surface area contributed by atoms with Gasteiger partial charge in [0.1, 0.15) is 5.82 Å². The number of halogens is 2. The summed E-state index contributed by atoms with van der Waals surface area (Å²) in [6.07, 6.45) is 0. The van der Waals surface area contributed by atoms with Crippen molar-refractivity contribution >= 4 is 28.6 Å². The summed E-state index contributed by atoms with van der Waals surface area (Å²) in [5, 5.41) is 3.06. The highest BCUT2D eigenvalue weighted by molar-refractivity contribution is 7.16. The number of hydrogen-bond donors (Lipinski definition) is 1. The zero-order chi connectivity index (χ0) is 13.8. The van der Waals surface area contributed by atoms with Crippen LogP contribution < -0.4 is 10.2 Å². The summed E-state index contributed by atoms with van der Waals surface area (Å²) in [6, 6.07) is 8.80. The maximum Gasteiger partial charge on any atom is 0.123 e.